The molecule has 1 heterocycles. The second kappa shape index (κ2) is 5.48. The summed E-state index contributed by atoms with van der Waals surface area (Å²) in [6.07, 6.45) is 0. The van der Waals surface area contributed by atoms with Crippen LogP contribution in [0.25, 0.3) is 11.0 Å². The quantitative estimate of drug-likeness (QED) is 0.659. The molecule has 5 heteroatoms. The molecule has 3 aromatic rings. The molecular weight excluding hydrogens is 340 g/mol. The number of anilines is 1. The van der Waals surface area contributed by atoms with Gasteiger partial charge < -0.3 is 9.73 Å². The molecule has 1 aromatic heterocycles. The van der Waals surface area contributed by atoms with Crippen LogP contribution in [-0.2, 0) is 0 Å². The lowest BCUT2D eigenvalue weighted by Crippen LogP contribution is -2.07. The van der Waals surface area contributed by atoms with Gasteiger partial charge in [0.2, 0.25) is 0 Å². The van der Waals surface area contributed by atoms with Crippen LogP contribution in [0, 0.1) is 11.6 Å². The average molecular weight is 352 g/mol. The Hall–Kier alpha value is -1.88. The predicted molar refractivity (Wildman–Crippen MR) is 82.3 cm³/mol. The molecular formula is C16H12BrF2NO. The lowest BCUT2D eigenvalue weighted by Gasteiger charge is -2.13. The van der Waals surface area contributed by atoms with Gasteiger partial charge in [0.25, 0.3) is 0 Å². The molecule has 3 rings (SSSR count). The van der Waals surface area contributed by atoms with E-state index in [9.17, 15) is 8.78 Å². The van der Waals surface area contributed by atoms with Crippen LogP contribution in [0.4, 0.5) is 14.5 Å². The fourth-order valence-electron chi connectivity index (χ4n) is 2.17. The lowest BCUT2D eigenvalue weighted by atomic mass is 10.2. The van der Waals surface area contributed by atoms with Crippen molar-refractivity contribution < 1.29 is 13.2 Å². The van der Waals surface area contributed by atoms with Gasteiger partial charge >= 0.3 is 0 Å². The third-order valence-electron chi connectivity index (χ3n) is 3.25. The molecule has 21 heavy (non-hydrogen) atoms. The van der Waals surface area contributed by atoms with E-state index in [0.29, 0.717) is 5.76 Å². The summed E-state index contributed by atoms with van der Waals surface area (Å²) in [5.74, 6) is -1.10. The third kappa shape index (κ3) is 2.78. The van der Waals surface area contributed by atoms with Gasteiger partial charge in [-0.05, 0) is 43.3 Å². The smallest absolute Gasteiger partial charge is 0.181 e. The summed E-state index contributed by atoms with van der Waals surface area (Å²) in [6, 6.07) is 11.3. The second-order valence-corrected chi connectivity index (χ2v) is 5.71. The maximum Gasteiger partial charge on any atom is 0.181 e. The van der Waals surface area contributed by atoms with Gasteiger partial charge in [-0.15, -0.1) is 0 Å². The normalized spacial score (nSPS) is 12.6. The van der Waals surface area contributed by atoms with Crippen molar-refractivity contribution in [2.24, 2.45) is 0 Å². The van der Waals surface area contributed by atoms with Crippen molar-refractivity contribution >= 4 is 32.6 Å². The van der Waals surface area contributed by atoms with Gasteiger partial charge in [-0.2, -0.15) is 0 Å². The molecule has 108 valence electrons. The van der Waals surface area contributed by atoms with E-state index in [0.717, 1.165) is 21.5 Å². The molecule has 0 radical (unpaired) electrons. The molecule has 0 fully saturated rings. The van der Waals surface area contributed by atoms with E-state index in [4.69, 9.17) is 4.42 Å². The van der Waals surface area contributed by atoms with E-state index >= 15 is 0 Å². The average Bonchev–Trinajstić information content (AvgIpc) is 2.87. The number of fused-ring (bicyclic) bond motifs is 1. The summed E-state index contributed by atoms with van der Waals surface area (Å²) in [4.78, 5) is 0. The minimum Gasteiger partial charge on any atom is -0.459 e. The zero-order chi connectivity index (χ0) is 15.0. The first-order chi connectivity index (χ1) is 10.0. The molecule has 0 aliphatic heterocycles. The van der Waals surface area contributed by atoms with Gasteiger partial charge in [0.15, 0.2) is 11.6 Å². The summed E-state index contributed by atoms with van der Waals surface area (Å²) in [7, 11) is 0. The standard InChI is InChI=1S/C16H12BrF2NO/c1-9(20-13-4-2-3-12(18)16(13)19)15-8-10-7-11(17)5-6-14(10)21-15/h2-9,20H,1H3. The first kappa shape index (κ1) is 14.1. The highest BCUT2D eigenvalue weighted by atomic mass is 79.9. The van der Waals surface area contributed by atoms with Crippen LogP contribution in [0.3, 0.4) is 0 Å². The number of nitrogens with one attached hydrogen (secondary N) is 1. The molecule has 1 unspecified atom stereocenters. The van der Waals surface area contributed by atoms with Gasteiger partial charge in [0, 0.05) is 9.86 Å². The molecule has 0 aliphatic carbocycles. The van der Waals surface area contributed by atoms with E-state index < -0.39 is 11.6 Å². The molecule has 0 spiro atoms. The van der Waals surface area contributed by atoms with E-state index in [1.807, 2.05) is 31.2 Å². The van der Waals surface area contributed by atoms with Crippen molar-refractivity contribution in [2.45, 2.75) is 13.0 Å². The Labute approximate surface area is 128 Å². The fourth-order valence-corrected chi connectivity index (χ4v) is 2.55. The van der Waals surface area contributed by atoms with Crippen molar-refractivity contribution in [1.29, 1.82) is 0 Å². The van der Waals surface area contributed by atoms with Gasteiger partial charge in [-0.1, -0.05) is 22.0 Å². The second-order valence-electron chi connectivity index (χ2n) is 4.80. The van der Waals surface area contributed by atoms with Gasteiger partial charge in [-0.3, -0.25) is 0 Å². The molecule has 1 N–H and O–H groups in total. The summed E-state index contributed by atoms with van der Waals surface area (Å²) in [5, 5.41) is 3.87. The van der Waals surface area contributed by atoms with Crippen LogP contribution in [0.5, 0.6) is 0 Å². The number of furan rings is 1. The molecule has 2 nitrogen and oxygen atoms in total. The maximum absolute atomic E-state index is 13.7. The van der Waals surface area contributed by atoms with Crippen molar-refractivity contribution in [3.63, 3.8) is 0 Å². The highest BCUT2D eigenvalue weighted by molar-refractivity contribution is 9.10. The molecule has 0 amide bonds. The molecule has 2 aromatic carbocycles. The van der Waals surface area contributed by atoms with E-state index in [1.54, 1.807) is 0 Å². The summed E-state index contributed by atoms with van der Waals surface area (Å²) < 4.78 is 33.5. The Bertz CT molecular complexity index is 800. The Morgan fingerprint density at radius 2 is 1.95 bits per heavy atom. The van der Waals surface area contributed by atoms with E-state index in [1.165, 1.54) is 12.1 Å². The number of benzene rings is 2. The highest BCUT2D eigenvalue weighted by Crippen LogP contribution is 2.29. The van der Waals surface area contributed by atoms with Crippen molar-refractivity contribution in [1.82, 2.24) is 0 Å². The summed E-state index contributed by atoms with van der Waals surface area (Å²) >= 11 is 3.40. The van der Waals surface area contributed by atoms with Crippen LogP contribution in [0.15, 0.2) is 51.4 Å². The van der Waals surface area contributed by atoms with Crippen molar-refractivity contribution in [3.8, 4) is 0 Å². The lowest BCUT2D eigenvalue weighted by molar-refractivity contribution is 0.503. The zero-order valence-corrected chi connectivity index (χ0v) is 12.7. The van der Waals surface area contributed by atoms with Crippen LogP contribution in [0.1, 0.15) is 18.7 Å². The monoisotopic (exact) mass is 351 g/mol. The van der Waals surface area contributed by atoms with Crippen LogP contribution in [-0.4, -0.2) is 0 Å². The van der Waals surface area contributed by atoms with Gasteiger partial charge in [-0.25, -0.2) is 8.78 Å². The molecule has 0 saturated heterocycles. The number of hydrogen-bond acceptors (Lipinski definition) is 2. The summed E-state index contributed by atoms with van der Waals surface area (Å²) in [6.45, 7) is 1.83. The topological polar surface area (TPSA) is 25.2 Å². The first-order valence-corrected chi connectivity index (χ1v) is 7.23. The van der Waals surface area contributed by atoms with Crippen LogP contribution < -0.4 is 5.32 Å². The minimum absolute atomic E-state index is 0.115. The van der Waals surface area contributed by atoms with Gasteiger partial charge in [0.05, 0.1) is 11.7 Å². The zero-order valence-electron chi connectivity index (χ0n) is 11.2. The van der Waals surface area contributed by atoms with E-state index in [2.05, 4.69) is 21.2 Å². The first-order valence-electron chi connectivity index (χ1n) is 6.44. The predicted octanol–water partition coefficient (Wildman–Crippen LogP) is 5.65. The Balaban J connectivity index is 1.89. The maximum atomic E-state index is 13.7. The fraction of sp³-hybridized carbons (Fsp3) is 0.125. The highest BCUT2D eigenvalue weighted by Gasteiger charge is 2.15. The summed E-state index contributed by atoms with van der Waals surface area (Å²) in [5.41, 5.74) is 0.866. The van der Waals surface area contributed by atoms with Crippen LogP contribution >= 0.6 is 15.9 Å². The Morgan fingerprint density at radius 1 is 1.14 bits per heavy atom. The van der Waals surface area contributed by atoms with E-state index in [-0.39, 0.29) is 11.7 Å². The molecule has 0 bridgehead atoms. The SMILES string of the molecule is CC(Nc1cccc(F)c1F)c1cc2cc(Br)ccc2o1. The molecule has 0 aliphatic rings. The van der Waals surface area contributed by atoms with Crippen molar-refractivity contribution in [3.05, 3.63) is 64.3 Å². The molecule has 1 atom stereocenters. The number of rotatable bonds is 3. The van der Waals surface area contributed by atoms with Crippen molar-refractivity contribution in [2.75, 3.05) is 5.32 Å². The minimum atomic E-state index is -0.886. The van der Waals surface area contributed by atoms with Crippen LogP contribution in [0.2, 0.25) is 0 Å². The Morgan fingerprint density at radius 3 is 2.76 bits per heavy atom. The number of halogens is 3. The largest absolute Gasteiger partial charge is 0.459 e. The molecule has 0 saturated carbocycles. The third-order valence-corrected chi connectivity index (χ3v) is 3.74. The number of hydrogen-bond donors (Lipinski definition) is 1. The van der Waals surface area contributed by atoms with Gasteiger partial charge in [0.1, 0.15) is 11.3 Å². The Kier molecular flexibility index (Phi) is 3.68.